The lowest BCUT2D eigenvalue weighted by Crippen LogP contribution is -2.43. The van der Waals surface area contributed by atoms with Crippen molar-refractivity contribution >= 4 is 12.0 Å². The Hall–Kier alpha value is -1.30. The van der Waals surface area contributed by atoms with Crippen LogP contribution in [0.15, 0.2) is 0 Å². The number of urea groups is 1. The van der Waals surface area contributed by atoms with Gasteiger partial charge in [-0.25, -0.2) is 9.59 Å². The normalized spacial score (nSPS) is 16.9. The first kappa shape index (κ1) is 11.8. The maximum atomic E-state index is 11.3. The molecule has 0 aromatic rings. The van der Waals surface area contributed by atoms with Gasteiger partial charge in [0.2, 0.25) is 0 Å². The SMILES string of the molecule is CN(CC1CC1)C(=O)NCC(O)C(=O)O. The number of nitrogens with one attached hydrogen (secondary N) is 1. The van der Waals surface area contributed by atoms with E-state index in [1.807, 2.05) is 0 Å². The van der Waals surface area contributed by atoms with Crippen molar-refractivity contribution in [1.82, 2.24) is 10.2 Å². The van der Waals surface area contributed by atoms with E-state index in [0.717, 1.165) is 12.8 Å². The summed E-state index contributed by atoms with van der Waals surface area (Å²) < 4.78 is 0. The number of aliphatic hydroxyl groups excluding tert-OH is 1. The highest BCUT2D eigenvalue weighted by atomic mass is 16.4. The first-order valence-corrected chi connectivity index (χ1v) is 4.90. The Bertz CT molecular complexity index is 252. The van der Waals surface area contributed by atoms with E-state index in [-0.39, 0.29) is 12.6 Å². The maximum absolute atomic E-state index is 11.3. The second kappa shape index (κ2) is 4.97. The molecule has 6 heteroatoms. The molecule has 1 rings (SSSR count). The van der Waals surface area contributed by atoms with Gasteiger partial charge in [-0.15, -0.1) is 0 Å². The van der Waals surface area contributed by atoms with Crippen LogP contribution in [0.25, 0.3) is 0 Å². The van der Waals surface area contributed by atoms with E-state index in [1.54, 1.807) is 7.05 Å². The molecule has 3 N–H and O–H groups in total. The fourth-order valence-corrected chi connectivity index (χ4v) is 1.18. The lowest BCUT2D eigenvalue weighted by atomic mass is 10.3. The van der Waals surface area contributed by atoms with Gasteiger partial charge in [-0.3, -0.25) is 0 Å². The van der Waals surface area contributed by atoms with Crippen LogP contribution in [-0.4, -0.2) is 53.4 Å². The third-order valence-electron chi connectivity index (χ3n) is 2.31. The van der Waals surface area contributed by atoms with E-state index in [1.165, 1.54) is 4.90 Å². The minimum absolute atomic E-state index is 0.261. The number of nitrogens with zero attached hydrogens (tertiary/aromatic N) is 1. The summed E-state index contributed by atoms with van der Waals surface area (Å²) in [5, 5.41) is 19.6. The molecule has 1 aliphatic carbocycles. The Labute approximate surface area is 87.9 Å². The summed E-state index contributed by atoms with van der Waals surface area (Å²) in [6, 6.07) is -0.345. The molecule has 0 spiro atoms. The van der Waals surface area contributed by atoms with Gasteiger partial charge in [0.05, 0.1) is 6.54 Å². The Balaban J connectivity index is 2.18. The Morgan fingerprint density at radius 2 is 2.13 bits per heavy atom. The monoisotopic (exact) mass is 216 g/mol. The second-order valence-corrected chi connectivity index (χ2v) is 3.86. The van der Waals surface area contributed by atoms with Crippen LogP contribution >= 0.6 is 0 Å². The molecule has 0 aromatic carbocycles. The van der Waals surface area contributed by atoms with Crippen LogP contribution in [0.3, 0.4) is 0 Å². The fourth-order valence-electron chi connectivity index (χ4n) is 1.18. The smallest absolute Gasteiger partial charge is 0.334 e. The molecule has 6 nitrogen and oxygen atoms in total. The molecule has 1 unspecified atom stereocenters. The number of carbonyl (C=O) groups is 2. The van der Waals surface area contributed by atoms with Crippen molar-refractivity contribution in [3.8, 4) is 0 Å². The highest BCUT2D eigenvalue weighted by molar-refractivity contribution is 5.76. The van der Waals surface area contributed by atoms with Gasteiger partial charge in [-0.2, -0.15) is 0 Å². The molecule has 0 bridgehead atoms. The predicted octanol–water partition coefficient (Wildman–Crippen LogP) is -0.517. The zero-order valence-corrected chi connectivity index (χ0v) is 8.64. The molecule has 1 fully saturated rings. The topological polar surface area (TPSA) is 89.9 Å². The minimum atomic E-state index is -1.54. The van der Waals surface area contributed by atoms with Crippen LogP contribution in [0.1, 0.15) is 12.8 Å². The Morgan fingerprint density at radius 3 is 2.60 bits per heavy atom. The summed E-state index contributed by atoms with van der Waals surface area (Å²) in [5.41, 5.74) is 0. The van der Waals surface area contributed by atoms with Crippen LogP contribution in [0.5, 0.6) is 0 Å². The van der Waals surface area contributed by atoms with E-state index >= 15 is 0 Å². The number of carboxylic acid groups (broad SMARTS) is 1. The summed E-state index contributed by atoms with van der Waals surface area (Å²) in [6.07, 6.45) is 0.758. The number of aliphatic hydroxyl groups is 1. The van der Waals surface area contributed by atoms with Crippen LogP contribution in [-0.2, 0) is 4.79 Å². The largest absolute Gasteiger partial charge is 0.479 e. The first-order valence-electron chi connectivity index (χ1n) is 4.90. The highest BCUT2D eigenvalue weighted by Gasteiger charge is 2.25. The average Bonchev–Trinajstić information content (AvgIpc) is 2.96. The predicted molar refractivity (Wildman–Crippen MR) is 52.4 cm³/mol. The average molecular weight is 216 g/mol. The van der Waals surface area contributed by atoms with Crippen molar-refractivity contribution in [3.63, 3.8) is 0 Å². The summed E-state index contributed by atoms with van der Waals surface area (Å²) in [7, 11) is 1.65. The zero-order chi connectivity index (χ0) is 11.4. The highest BCUT2D eigenvalue weighted by Crippen LogP contribution is 2.29. The lowest BCUT2D eigenvalue weighted by Gasteiger charge is -2.18. The summed E-state index contributed by atoms with van der Waals surface area (Å²) in [6.45, 7) is 0.429. The van der Waals surface area contributed by atoms with Gasteiger partial charge < -0.3 is 20.4 Å². The molecule has 1 atom stereocenters. The number of amides is 2. The van der Waals surface area contributed by atoms with E-state index < -0.39 is 12.1 Å². The number of carbonyl (C=O) groups excluding carboxylic acids is 1. The molecule has 0 saturated heterocycles. The first-order chi connectivity index (χ1) is 7.00. The number of hydrogen-bond donors (Lipinski definition) is 3. The molecule has 0 heterocycles. The standard InChI is InChI=1S/C9H16N2O4/c1-11(5-6-2-3-6)9(15)10-4-7(12)8(13)14/h6-7,12H,2-5H2,1H3,(H,10,15)(H,13,14). The van der Waals surface area contributed by atoms with Gasteiger partial charge in [0.25, 0.3) is 0 Å². The molecule has 1 aliphatic rings. The third-order valence-corrected chi connectivity index (χ3v) is 2.31. The van der Waals surface area contributed by atoms with Gasteiger partial charge in [-0.05, 0) is 18.8 Å². The van der Waals surface area contributed by atoms with Gasteiger partial charge in [0, 0.05) is 13.6 Å². The summed E-state index contributed by atoms with van der Waals surface area (Å²) in [5.74, 6) is -0.745. The maximum Gasteiger partial charge on any atom is 0.334 e. The number of rotatable bonds is 5. The van der Waals surface area contributed by atoms with Crippen molar-refractivity contribution in [1.29, 1.82) is 0 Å². The van der Waals surface area contributed by atoms with Crippen molar-refractivity contribution in [2.75, 3.05) is 20.1 Å². The molecule has 86 valence electrons. The molecule has 0 aromatic heterocycles. The molecule has 0 aliphatic heterocycles. The quantitative estimate of drug-likeness (QED) is 0.577. The molecule has 15 heavy (non-hydrogen) atoms. The zero-order valence-electron chi connectivity index (χ0n) is 8.64. The van der Waals surface area contributed by atoms with Crippen molar-refractivity contribution in [3.05, 3.63) is 0 Å². The van der Waals surface area contributed by atoms with Gasteiger partial charge in [0.15, 0.2) is 6.10 Å². The summed E-state index contributed by atoms with van der Waals surface area (Å²) in [4.78, 5) is 23.1. The van der Waals surface area contributed by atoms with Crippen molar-refractivity contribution in [2.24, 2.45) is 5.92 Å². The summed E-state index contributed by atoms with van der Waals surface area (Å²) >= 11 is 0. The van der Waals surface area contributed by atoms with Crippen molar-refractivity contribution < 1.29 is 19.8 Å². The van der Waals surface area contributed by atoms with Gasteiger partial charge in [0.1, 0.15) is 0 Å². The minimum Gasteiger partial charge on any atom is -0.479 e. The Kier molecular flexibility index (Phi) is 3.90. The van der Waals surface area contributed by atoms with Crippen LogP contribution in [0.4, 0.5) is 4.79 Å². The fraction of sp³-hybridized carbons (Fsp3) is 0.778. The number of aliphatic carboxylic acids is 1. The molecule has 1 saturated carbocycles. The van der Waals surface area contributed by atoms with E-state index in [2.05, 4.69) is 5.32 Å². The van der Waals surface area contributed by atoms with Crippen LogP contribution in [0.2, 0.25) is 0 Å². The van der Waals surface area contributed by atoms with Crippen molar-refractivity contribution in [2.45, 2.75) is 18.9 Å². The van der Waals surface area contributed by atoms with Gasteiger partial charge in [-0.1, -0.05) is 0 Å². The Morgan fingerprint density at radius 1 is 1.53 bits per heavy atom. The van der Waals surface area contributed by atoms with E-state index in [4.69, 9.17) is 10.2 Å². The van der Waals surface area contributed by atoms with Gasteiger partial charge >= 0.3 is 12.0 Å². The van der Waals surface area contributed by atoms with Crippen LogP contribution in [0, 0.1) is 5.92 Å². The molecular formula is C9H16N2O4. The second-order valence-electron chi connectivity index (χ2n) is 3.86. The molecule has 2 amide bonds. The third kappa shape index (κ3) is 4.16. The lowest BCUT2D eigenvalue weighted by molar-refractivity contribution is -0.146. The number of hydrogen-bond acceptors (Lipinski definition) is 3. The van der Waals surface area contributed by atoms with E-state index in [0.29, 0.717) is 12.5 Å². The molecule has 0 radical (unpaired) electrons. The van der Waals surface area contributed by atoms with E-state index in [9.17, 15) is 9.59 Å². The van der Waals surface area contributed by atoms with Crippen LogP contribution < -0.4 is 5.32 Å². The molecular weight excluding hydrogens is 200 g/mol. The number of carboxylic acids is 1.